The monoisotopic (exact) mass is 329 g/mol. The van der Waals surface area contributed by atoms with Crippen LogP contribution in [0, 0.1) is 8.99 Å². The van der Waals surface area contributed by atoms with Crippen molar-refractivity contribution in [1.29, 1.82) is 0 Å². The summed E-state index contributed by atoms with van der Waals surface area (Å²) < 4.78 is 1.33. The van der Waals surface area contributed by atoms with Crippen LogP contribution in [0.1, 0.15) is 31.2 Å². The molecule has 0 aliphatic heterocycles. The van der Waals surface area contributed by atoms with E-state index in [0.717, 1.165) is 0 Å². The molecule has 0 radical (unpaired) electrons. The summed E-state index contributed by atoms with van der Waals surface area (Å²) in [5, 5.41) is 3.38. The van der Waals surface area contributed by atoms with Gasteiger partial charge in [0.15, 0.2) is 0 Å². The average molecular weight is 329 g/mol. The van der Waals surface area contributed by atoms with Crippen LogP contribution in [0.4, 0.5) is 0 Å². The van der Waals surface area contributed by atoms with Gasteiger partial charge in [0.25, 0.3) is 0 Å². The Morgan fingerprint density at radius 3 is 2.38 bits per heavy atom. The van der Waals surface area contributed by atoms with Gasteiger partial charge in [0.05, 0.1) is 0 Å². The van der Waals surface area contributed by atoms with Crippen LogP contribution in [-0.2, 0) is 6.42 Å². The molecule has 1 aromatic rings. The zero-order valence-electron chi connectivity index (χ0n) is 9.93. The lowest BCUT2D eigenvalue weighted by Gasteiger charge is -2.29. The van der Waals surface area contributed by atoms with Gasteiger partial charge in [-0.15, -0.1) is 0 Å². The van der Waals surface area contributed by atoms with Gasteiger partial charge in [-0.1, -0.05) is 25.0 Å². The van der Waals surface area contributed by atoms with Crippen LogP contribution in [0.3, 0.4) is 0 Å². The summed E-state index contributed by atoms with van der Waals surface area (Å²) in [5.74, 6) is 0. The van der Waals surface area contributed by atoms with Crippen molar-refractivity contribution in [2.75, 3.05) is 13.6 Å². The molecular formula is C14H20IN. The third-order valence-electron chi connectivity index (χ3n) is 3.71. The lowest BCUT2D eigenvalue weighted by atomic mass is 9.80. The molecule has 0 heterocycles. The quantitative estimate of drug-likeness (QED) is 0.832. The van der Waals surface area contributed by atoms with Gasteiger partial charge in [-0.3, -0.25) is 0 Å². The fraction of sp³-hybridized carbons (Fsp3) is 0.571. The van der Waals surface area contributed by atoms with E-state index in [1.807, 2.05) is 0 Å². The fourth-order valence-electron chi connectivity index (χ4n) is 2.95. The van der Waals surface area contributed by atoms with Gasteiger partial charge < -0.3 is 5.32 Å². The van der Waals surface area contributed by atoms with Crippen LogP contribution in [0.25, 0.3) is 0 Å². The molecule has 0 atom stereocenters. The first-order valence-electron chi connectivity index (χ1n) is 6.13. The van der Waals surface area contributed by atoms with Crippen LogP contribution in [0.2, 0.25) is 0 Å². The maximum atomic E-state index is 3.38. The summed E-state index contributed by atoms with van der Waals surface area (Å²) in [6.07, 6.45) is 6.84. The molecule has 0 bridgehead atoms. The number of rotatable bonds is 4. The van der Waals surface area contributed by atoms with Crippen molar-refractivity contribution >= 4 is 22.6 Å². The normalized spacial score (nSPS) is 18.9. The molecule has 88 valence electrons. The molecule has 2 rings (SSSR count). The summed E-state index contributed by atoms with van der Waals surface area (Å²) in [5.41, 5.74) is 2.03. The summed E-state index contributed by atoms with van der Waals surface area (Å²) in [6.45, 7) is 1.17. The Balaban J connectivity index is 2.08. The number of hydrogen-bond acceptors (Lipinski definition) is 1. The number of hydrogen-bond donors (Lipinski definition) is 1. The van der Waals surface area contributed by atoms with Gasteiger partial charge in [0.1, 0.15) is 0 Å². The van der Waals surface area contributed by atoms with Crippen LogP contribution in [0.5, 0.6) is 0 Å². The summed E-state index contributed by atoms with van der Waals surface area (Å²) in [6, 6.07) is 9.02. The van der Waals surface area contributed by atoms with E-state index < -0.39 is 0 Å². The highest BCUT2D eigenvalue weighted by atomic mass is 127. The van der Waals surface area contributed by atoms with E-state index in [1.165, 1.54) is 47.8 Å². The second-order valence-electron chi connectivity index (χ2n) is 5.04. The smallest absolute Gasteiger partial charge is 0.0130 e. The first-order valence-corrected chi connectivity index (χ1v) is 7.21. The summed E-state index contributed by atoms with van der Waals surface area (Å²) in [4.78, 5) is 0. The predicted octanol–water partition coefficient (Wildman–Crippen LogP) is 3.61. The minimum absolute atomic E-state index is 0.529. The first-order chi connectivity index (χ1) is 7.74. The fourth-order valence-corrected chi connectivity index (χ4v) is 3.31. The van der Waals surface area contributed by atoms with E-state index in [9.17, 15) is 0 Å². The maximum Gasteiger partial charge on any atom is 0.0130 e. The van der Waals surface area contributed by atoms with Crippen LogP contribution in [-0.4, -0.2) is 13.6 Å². The van der Waals surface area contributed by atoms with Crippen molar-refractivity contribution < 1.29 is 0 Å². The van der Waals surface area contributed by atoms with E-state index >= 15 is 0 Å². The Morgan fingerprint density at radius 1 is 1.19 bits per heavy atom. The van der Waals surface area contributed by atoms with Gasteiger partial charge in [-0.05, 0) is 72.0 Å². The molecule has 1 fully saturated rings. The van der Waals surface area contributed by atoms with Gasteiger partial charge >= 0.3 is 0 Å². The molecule has 2 heteroatoms. The predicted molar refractivity (Wildman–Crippen MR) is 77.7 cm³/mol. The van der Waals surface area contributed by atoms with Crippen molar-refractivity contribution in [3.63, 3.8) is 0 Å². The number of halogens is 1. The Labute approximate surface area is 112 Å². The second-order valence-corrected chi connectivity index (χ2v) is 6.29. The first kappa shape index (κ1) is 12.4. The Hall–Kier alpha value is -0.0900. The number of benzene rings is 1. The zero-order valence-corrected chi connectivity index (χ0v) is 12.1. The molecule has 1 nitrogen and oxygen atoms in total. The Bertz CT molecular complexity index is 325. The third-order valence-corrected chi connectivity index (χ3v) is 4.43. The van der Waals surface area contributed by atoms with Crippen molar-refractivity contribution in [2.45, 2.75) is 32.1 Å². The van der Waals surface area contributed by atoms with Gasteiger partial charge in [0.2, 0.25) is 0 Å². The summed E-state index contributed by atoms with van der Waals surface area (Å²) >= 11 is 2.37. The molecule has 1 aromatic carbocycles. The minimum Gasteiger partial charge on any atom is -0.319 e. The molecule has 1 N–H and O–H groups in total. The molecule has 16 heavy (non-hydrogen) atoms. The van der Waals surface area contributed by atoms with Gasteiger partial charge in [0, 0.05) is 10.1 Å². The SMILES string of the molecule is CNCC1(Cc2ccc(I)cc2)CCCC1. The molecule has 1 saturated carbocycles. The number of nitrogens with one attached hydrogen (secondary N) is 1. The van der Waals surface area contributed by atoms with Crippen molar-refractivity contribution in [3.8, 4) is 0 Å². The van der Waals surface area contributed by atoms with Crippen molar-refractivity contribution in [2.24, 2.45) is 5.41 Å². The zero-order chi connectivity index (χ0) is 11.4. The van der Waals surface area contributed by atoms with E-state index in [2.05, 4.69) is 59.2 Å². The van der Waals surface area contributed by atoms with Crippen LogP contribution >= 0.6 is 22.6 Å². The molecular weight excluding hydrogens is 309 g/mol. The summed E-state index contributed by atoms with van der Waals surface area (Å²) in [7, 11) is 2.08. The molecule has 1 aliphatic carbocycles. The molecule has 0 unspecified atom stereocenters. The van der Waals surface area contributed by atoms with Gasteiger partial charge in [-0.2, -0.15) is 0 Å². The topological polar surface area (TPSA) is 12.0 Å². The van der Waals surface area contributed by atoms with Crippen molar-refractivity contribution in [1.82, 2.24) is 5.32 Å². The maximum absolute atomic E-state index is 3.38. The van der Waals surface area contributed by atoms with E-state index in [1.54, 1.807) is 0 Å². The lowest BCUT2D eigenvalue weighted by Crippen LogP contribution is -2.32. The van der Waals surface area contributed by atoms with Crippen LogP contribution < -0.4 is 5.32 Å². The highest BCUT2D eigenvalue weighted by Crippen LogP contribution is 2.40. The molecule has 0 amide bonds. The molecule has 0 aromatic heterocycles. The van der Waals surface area contributed by atoms with Crippen molar-refractivity contribution in [3.05, 3.63) is 33.4 Å². The molecule has 0 saturated heterocycles. The Kier molecular flexibility index (Phi) is 4.25. The van der Waals surface area contributed by atoms with E-state index in [0.29, 0.717) is 5.41 Å². The van der Waals surface area contributed by atoms with E-state index in [4.69, 9.17) is 0 Å². The largest absolute Gasteiger partial charge is 0.319 e. The van der Waals surface area contributed by atoms with E-state index in [-0.39, 0.29) is 0 Å². The minimum atomic E-state index is 0.529. The van der Waals surface area contributed by atoms with Crippen LogP contribution in [0.15, 0.2) is 24.3 Å². The average Bonchev–Trinajstić information content (AvgIpc) is 2.71. The highest BCUT2D eigenvalue weighted by Gasteiger charge is 2.32. The van der Waals surface area contributed by atoms with Gasteiger partial charge in [-0.25, -0.2) is 0 Å². The second kappa shape index (κ2) is 5.50. The standard InChI is InChI=1S/C14H20IN/c1-16-11-14(8-2-3-9-14)10-12-4-6-13(15)7-5-12/h4-7,16H,2-3,8-11H2,1H3. The Morgan fingerprint density at radius 2 is 1.81 bits per heavy atom. The highest BCUT2D eigenvalue weighted by molar-refractivity contribution is 14.1. The molecule has 1 aliphatic rings. The molecule has 0 spiro atoms. The third kappa shape index (κ3) is 2.98. The lowest BCUT2D eigenvalue weighted by molar-refractivity contribution is 0.286.